The molecule has 8 heteroatoms. The molecule has 1 heterocycles. The van der Waals surface area contributed by atoms with Gasteiger partial charge in [-0.2, -0.15) is 13.9 Å². The number of hydrogen-bond acceptors (Lipinski definition) is 4. The van der Waals surface area contributed by atoms with E-state index in [2.05, 4.69) is 20.3 Å². The summed E-state index contributed by atoms with van der Waals surface area (Å²) >= 11 is 0. The van der Waals surface area contributed by atoms with Crippen LogP contribution >= 0.6 is 0 Å². The summed E-state index contributed by atoms with van der Waals surface area (Å²) in [7, 11) is 1.35. The Morgan fingerprint density at radius 2 is 1.93 bits per heavy atom. The molecule has 0 bridgehead atoms. The lowest BCUT2D eigenvalue weighted by Gasteiger charge is -2.11. The molecule has 0 atom stereocenters. The highest BCUT2D eigenvalue weighted by Gasteiger charge is 2.13. The Balaban J connectivity index is 1.65. The number of nitrogens with zero attached hydrogens (tertiary/aromatic N) is 1. The number of benzene rings is 2. The molecule has 0 aliphatic rings. The van der Waals surface area contributed by atoms with Crippen molar-refractivity contribution in [1.82, 2.24) is 15.5 Å². The number of carbonyl (C=O) groups is 1. The lowest BCUT2D eigenvalue weighted by atomic mass is 10.1. The van der Waals surface area contributed by atoms with Gasteiger partial charge in [-0.3, -0.25) is 9.89 Å². The predicted molar refractivity (Wildman–Crippen MR) is 94.8 cm³/mol. The van der Waals surface area contributed by atoms with E-state index in [1.807, 2.05) is 30.3 Å². The fourth-order valence-electron chi connectivity index (χ4n) is 2.49. The minimum atomic E-state index is -2.94. The van der Waals surface area contributed by atoms with Crippen LogP contribution in [0, 0.1) is 0 Å². The van der Waals surface area contributed by atoms with E-state index in [0.717, 1.165) is 5.56 Å². The summed E-state index contributed by atoms with van der Waals surface area (Å²) in [5, 5.41) is 9.58. The van der Waals surface area contributed by atoms with Crippen molar-refractivity contribution in [3.05, 3.63) is 65.9 Å². The number of halogens is 2. The summed E-state index contributed by atoms with van der Waals surface area (Å²) in [6, 6.07) is 15.6. The molecule has 0 saturated carbocycles. The molecule has 1 aromatic heterocycles. The zero-order valence-electron chi connectivity index (χ0n) is 14.4. The molecule has 6 nitrogen and oxygen atoms in total. The molecule has 0 fully saturated rings. The number of methoxy groups -OCH3 is 1. The van der Waals surface area contributed by atoms with E-state index in [4.69, 9.17) is 4.74 Å². The molecule has 3 rings (SSSR count). The maximum atomic E-state index is 12.4. The lowest BCUT2D eigenvalue weighted by Crippen LogP contribution is -2.23. The molecule has 0 spiro atoms. The second-order valence-electron chi connectivity index (χ2n) is 5.58. The largest absolute Gasteiger partial charge is 0.493 e. The maximum Gasteiger partial charge on any atom is 0.387 e. The molecule has 0 aliphatic carbocycles. The van der Waals surface area contributed by atoms with Gasteiger partial charge in [0.15, 0.2) is 11.5 Å². The molecule has 0 radical (unpaired) electrons. The zero-order valence-corrected chi connectivity index (χ0v) is 14.4. The van der Waals surface area contributed by atoms with Crippen LogP contribution in [0.4, 0.5) is 8.78 Å². The summed E-state index contributed by atoms with van der Waals surface area (Å²) in [6.45, 7) is -2.76. The van der Waals surface area contributed by atoms with Crippen LogP contribution in [0.15, 0.2) is 54.6 Å². The van der Waals surface area contributed by atoms with Gasteiger partial charge in [0.1, 0.15) is 5.69 Å². The number of alkyl halides is 2. The third-order valence-electron chi connectivity index (χ3n) is 3.79. The van der Waals surface area contributed by atoms with Gasteiger partial charge in [0.05, 0.1) is 12.8 Å². The lowest BCUT2D eigenvalue weighted by molar-refractivity contribution is -0.0512. The topological polar surface area (TPSA) is 76.2 Å². The van der Waals surface area contributed by atoms with Gasteiger partial charge in [-0.15, -0.1) is 0 Å². The Kier molecular flexibility index (Phi) is 5.65. The predicted octanol–water partition coefficient (Wildman–Crippen LogP) is 3.62. The molecule has 0 unspecified atom stereocenters. The third-order valence-corrected chi connectivity index (χ3v) is 3.79. The van der Waals surface area contributed by atoms with Crippen molar-refractivity contribution in [3.8, 4) is 22.8 Å². The number of hydrogen-bond donors (Lipinski definition) is 2. The van der Waals surface area contributed by atoms with Crippen LogP contribution in [0.3, 0.4) is 0 Å². The molecule has 2 aromatic carbocycles. The summed E-state index contributed by atoms with van der Waals surface area (Å²) in [6.07, 6.45) is 0. The number of nitrogens with one attached hydrogen (secondary N) is 2. The van der Waals surface area contributed by atoms with Crippen LogP contribution < -0.4 is 14.8 Å². The highest BCUT2D eigenvalue weighted by molar-refractivity contribution is 5.93. The van der Waals surface area contributed by atoms with Crippen LogP contribution in [0.25, 0.3) is 11.3 Å². The molecule has 0 saturated heterocycles. The molecule has 3 aromatic rings. The summed E-state index contributed by atoms with van der Waals surface area (Å²) in [4.78, 5) is 12.3. The van der Waals surface area contributed by atoms with Gasteiger partial charge in [-0.05, 0) is 23.8 Å². The van der Waals surface area contributed by atoms with Crippen LogP contribution in [0.5, 0.6) is 11.5 Å². The standard InChI is InChI=1S/C19H17F2N3O3/c1-26-17-9-12(7-8-16(17)27-19(20)21)11-22-18(25)15-10-14(23-24-15)13-5-3-2-4-6-13/h2-10,19H,11H2,1H3,(H,22,25)(H,23,24). The summed E-state index contributed by atoms with van der Waals surface area (Å²) in [5.41, 5.74) is 2.55. The van der Waals surface area contributed by atoms with Crippen molar-refractivity contribution >= 4 is 5.91 Å². The first-order valence-corrected chi connectivity index (χ1v) is 8.07. The number of aromatic amines is 1. The smallest absolute Gasteiger partial charge is 0.387 e. The highest BCUT2D eigenvalue weighted by Crippen LogP contribution is 2.29. The Bertz CT molecular complexity index is 914. The molecule has 27 heavy (non-hydrogen) atoms. The third kappa shape index (κ3) is 4.60. The van der Waals surface area contributed by atoms with Gasteiger partial charge in [0.25, 0.3) is 5.91 Å². The monoisotopic (exact) mass is 373 g/mol. The highest BCUT2D eigenvalue weighted by atomic mass is 19.3. The second kappa shape index (κ2) is 8.31. The number of aromatic nitrogens is 2. The first-order valence-electron chi connectivity index (χ1n) is 8.07. The van der Waals surface area contributed by atoms with Crippen LogP contribution in [-0.2, 0) is 6.54 Å². The molecular weight excluding hydrogens is 356 g/mol. The van der Waals surface area contributed by atoms with E-state index >= 15 is 0 Å². The number of rotatable bonds is 7. The van der Waals surface area contributed by atoms with Crippen molar-refractivity contribution in [1.29, 1.82) is 0 Å². The van der Waals surface area contributed by atoms with Crippen LogP contribution in [-0.4, -0.2) is 29.8 Å². The summed E-state index contributed by atoms with van der Waals surface area (Å²) in [5.74, 6) is -0.241. The number of H-pyrrole nitrogens is 1. The summed E-state index contributed by atoms with van der Waals surface area (Å²) < 4.78 is 34.1. The average Bonchev–Trinajstić information content (AvgIpc) is 3.17. The van der Waals surface area contributed by atoms with Gasteiger partial charge in [-0.1, -0.05) is 36.4 Å². The van der Waals surface area contributed by atoms with Gasteiger partial charge in [0.2, 0.25) is 0 Å². The Hall–Kier alpha value is -3.42. The van der Waals surface area contributed by atoms with Gasteiger partial charge in [0, 0.05) is 12.1 Å². The van der Waals surface area contributed by atoms with Crippen LogP contribution in [0.2, 0.25) is 0 Å². The van der Waals surface area contributed by atoms with E-state index in [-0.39, 0.29) is 24.0 Å². The van der Waals surface area contributed by atoms with Crippen molar-refractivity contribution < 1.29 is 23.0 Å². The molecule has 0 aliphatic heterocycles. The first kappa shape index (κ1) is 18.4. The molecular formula is C19H17F2N3O3. The van der Waals surface area contributed by atoms with Gasteiger partial charge < -0.3 is 14.8 Å². The van der Waals surface area contributed by atoms with Crippen molar-refractivity contribution in [2.24, 2.45) is 0 Å². The molecule has 1 amide bonds. The molecule has 140 valence electrons. The average molecular weight is 373 g/mol. The van der Waals surface area contributed by atoms with Crippen molar-refractivity contribution in [2.45, 2.75) is 13.2 Å². The van der Waals surface area contributed by atoms with Gasteiger partial charge >= 0.3 is 6.61 Å². The SMILES string of the molecule is COc1cc(CNC(=O)c2cc(-c3ccccc3)n[nH]2)ccc1OC(F)F. The minimum Gasteiger partial charge on any atom is -0.493 e. The molecule has 2 N–H and O–H groups in total. The Labute approximate surface area is 154 Å². The Morgan fingerprint density at radius 3 is 2.63 bits per heavy atom. The fourth-order valence-corrected chi connectivity index (χ4v) is 2.49. The second-order valence-corrected chi connectivity index (χ2v) is 5.58. The minimum absolute atomic E-state index is 0.0661. The van der Waals surface area contributed by atoms with Crippen LogP contribution in [0.1, 0.15) is 16.1 Å². The fraction of sp³-hybridized carbons (Fsp3) is 0.158. The Morgan fingerprint density at radius 1 is 1.15 bits per heavy atom. The van der Waals surface area contributed by atoms with E-state index in [0.29, 0.717) is 17.0 Å². The van der Waals surface area contributed by atoms with Crippen molar-refractivity contribution in [2.75, 3.05) is 7.11 Å². The zero-order chi connectivity index (χ0) is 19.2. The van der Waals surface area contributed by atoms with Crippen molar-refractivity contribution in [3.63, 3.8) is 0 Å². The number of amides is 1. The van der Waals surface area contributed by atoms with E-state index < -0.39 is 6.61 Å². The van der Waals surface area contributed by atoms with E-state index in [1.165, 1.54) is 19.2 Å². The quantitative estimate of drug-likeness (QED) is 0.663. The number of carbonyl (C=O) groups excluding carboxylic acids is 1. The van der Waals surface area contributed by atoms with E-state index in [9.17, 15) is 13.6 Å². The normalized spacial score (nSPS) is 10.7. The van der Waals surface area contributed by atoms with E-state index in [1.54, 1.807) is 12.1 Å². The number of ether oxygens (including phenoxy) is 2. The van der Waals surface area contributed by atoms with Gasteiger partial charge in [-0.25, -0.2) is 0 Å². The first-order chi connectivity index (χ1) is 13.1. The maximum absolute atomic E-state index is 12.4.